The van der Waals surface area contributed by atoms with Crippen molar-refractivity contribution < 1.29 is 9.18 Å². The van der Waals surface area contributed by atoms with Gasteiger partial charge in [-0.2, -0.15) is 0 Å². The van der Waals surface area contributed by atoms with Gasteiger partial charge in [0.25, 0.3) is 0 Å². The highest BCUT2D eigenvalue weighted by atomic mass is 19.1. The molecule has 1 amide bonds. The van der Waals surface area contributed by atoms with Crippen molar-refractivity contribution in [1.29, 1.82) is 0 Å². The molecule has 0 saturated carbocycles. The number of nitrogens with zero attached hydrogens (tertiary/aromatic N) is 2. The third-order valence-corrected chi connectivity index (χ3v) is 3.72. The second kappa shape index (κ2) is 6.02. The van der Waals surface area contributed by atoms with Crippen LogP contribution < -0.4 is 4.90 Å². The Morgan fingerprint density at radius 2 is 1.91 bits per heavy atom. The van der Waals surface area contributed by atoms with Crippen molar-refractivity contribution in [2.75, 3.05) is 11.4 Å². The Morgan fingerprint density at radius 3 is 2.64 bits per heavy atom. The number of para-hydroxylation sites is 1. The molecule has 0 saturated heterocycles. The van der Waals surface area contributed by atoms with E-state index < -0.39 is 0 Å². The Bertz CT molecular complexity index is 795. The number of halogens is 1. The Kier molecular flexibility index (Phi) is 3.92. The predicted octanol–water partition coefficient (Wildman–Crippen LogP) is 3.83. The molecule has 0 fully saturated rings. The molecule has 4 heteroatoms. The van der Waals surface area contributed by atoms with Gasteiger partial charge in [-0.3, -0.25) is 4.79 Å². The van der Waals surface area contributed by atoms with Crippen LogP contribution >= 0.6 is 0 Å². The molecule has 1 aromatic heterocycles. The highest BCUT2D eigenvalue weighted by Crippen LogP contribution is 2.19. The minimum Gasteiger partial charge on any atom is -0.338 e. The largest absolute Gasteiger partial charge is 0.338 e. The number of carbonyl (C=O) groups is 1. The summed E-state index contributed by atoms with van der Waals surface area (Å²) in [6, 6.07) is 16.0. The predicted molar refractivity (Wildman–Crippen MR) is 86.4 cm³/mol. The van der Waals surface area contributed by atoms with Crippen molar-refractivity contribution in [3.05, 3.63) is 66.6 Å². The van der Waals surface area contributed by atoms with Crippen LogP contribution in [0, 0.1) is 5.82 Å². The summed E-state index contributed by atoms with van der Waals surface area (Å²) in [7, 11) is 0. The summed E-state index contributed by atoms with van der Waals surface area (Å²) < 4.78 is 15.1. The first kappa shape index (κ1) is 14.3. The van der Waals surface area contributed by atoms with Crippen molar-refractivity contribution in [2.24, 2.45) is 0 Å². The van der Waals surface area contributed by atoms with Crippen molar-refractivity contribution in [2.45, 2.75) is 13.5 Å². The molecule has 0 N–H and O–H groups in total. The summed E-state index contributed by atoms with van der Waals surface area (Å²) in [5, 5.41) is 0.801. The van der Waals surface area contributed by atoms with E-state index in [0.717, 1.165) is 16.6 Å². The first-order chi connectivity index (χ1) is 10.7. The number of amides is 1. The van der Waals surface area contributed by atoms with Gasteiger partial charge in [-0.1, -0.05) is 18.2 Å². The van der Waals surface area contributed by atoms with E-state index in [9.17, 15) is 9.18 Å². The maximum absolute atomic E-state index is 13.2. The van der Waals surface area contributed by atoms with Gasteiger partial charge >= 0.3 is 0 Å². The number of hydrogen-bond acceptors (Lipinski definition) is 1. The molecule has 22 heavy (non-hydrogen) atoms. The molecule has 2 aromatic carbocycles. The quantitative estimate of drug-likeness (QED) is 0.718. The fourth-order valence-electron chi connectivity index (χ4n) is 2.65. The van der Waals surface area contributed by atoms with Crippen molar-refractivity contribution in [3.63, 3.8) is 0 Å². The lowest BCUT2D eigenvalue weighted by Crippen LogP contribution is -2.33. The van der Waals surface area contributed by atoms with Gasteiger partial charge in [-0.15, -0.1) is 0 Å². The summed E-state index contributed by atoms with van der Waals surface area (Å²) >= 11 is 0. The Hall–Kier alpha value is -2.62. The van der Waals surface area contributed by atoms with Crippen molar-refractivity contribution in [3.8, 4) is 0 Å². The number of rotatable bonds is 4. The van der Waals surface area contributed by atoms with E-state index in [-0.39, 0.29) is 18.3 Å². The third-order valence-electron chi connectivity index (χ3n) is 3.72. The van der Waals surface area contributed by atoms with Gasteiger partial charge in [0.05, 0.1) is 0 Å². The summed E-state index contributed by atoms with van der Waals surface area (Å²) in [5.41, 5.74) is 1.75. The van der Waals surface area contributed by atoms with Crippen LogP contribution in [0.2, 0.25) is 0 Å². The zero-order valence-corrected chi connectivity index (χ0v) is 12.4. The molecule has 0 unspecified atom stereocenters. The highest BCUT2D eigenvalue weighted by molar-refractivity contribution is 5.94. The van der Waals surface area contributed by atoms with Gasteiger partial charge in [0, 0.05) is 29.3 Å². The summed E-state index contributed by atoms with van der Waals surface area (Å²) in [6.07, 6.45) is 1.82. The number of benzene rings is 2. The lowest BCUT2D eigenvalue weighted by molar-refractivity contribution is -0.119. The Balaban J connectivity index is 1.86. The molecule has 0 atom stereocenters. The monoisotopic (exact) mass is 296 g/mol. The van der Waals surface area contributed by atoms with Gasteiger partial charge in [0.1, 0.15) is 12.4 Å². The van der Waals surface area contributed by atoms with Crippen molar-refractivity contribution in [1.82, 2.24) is 4.57 Å². The fourth-order valence-corrected chi connectivity index (χ4v) is 2.65. The molecule has 3 nitrogen and oxygen atoms in total. The SMILES string of the molecule is CCN(C(=O)Cn1ccc2cc(F)ccc21)c1ccccc1. The molecule has 112 valence electrons. The second-order valence-electron chi connectivity index (χ2n) is 5.12. The van der Waals surface area contributed by atoms with E-state index in [2.05, 4.69) is 0 Å². The highest BCUT2D eigenvalue weighted by Gasteiger charge is 2.15. The zero-order chi connectivity index (χ0) is 15.5. The Morgan fingerprint density at radius 1 is 1.14 bits per heavy atom. The lowest BCUT2D eigenvalue weighted by atomic mass is 10.2. The van der Waals surface area contributed by atoms with Crippen LogP contribution in [-0.2, 0) is 11.3 Å². The van der Waals surface area contributed by atoms with Gasteiger partial charge < -0.3 is 9.47 Å². The van der Waals surface area contributed by atoms with Crippen LogP contribution in [0.15, 0.2) is 60.8 Å². The molecule has 3 rings (SSSR count). The van der Waals surface area contributed by atoms with E-state index in [0.29, 0.717) is 6.54 Å². The molecule has 0 aliphatic heterocycles. The van der Waals surface area contributed by atoms with E-state index >= 15 is 0 Å². The average molecular weight is 296 g/mol. The number of carbonyl (C=O) groups excluding carboxylic acids is 1. The third kappa shape index (κ3) is 2.72. The summed E-state index contributed by atoms with van der Waals surface area (Å²) in [4.78, 5) is 14.3. The smallest absolute Gasteiger partial charge is 0.246 e. The molecule has 1 heterocycles. The van der Waals surface area contributed by atoms with Crippen LogP contribution in [0.25, 0.3) is 10.9 Å². The maximum Gasteiger partial charge on any atom is 0.246 e. The fraction of sp³-hybridized carbons (Fsp3) is 0.167. The van der Waals surface area contributed by atoms with E-state index in [1.807, 2.05) is 54.1 Å². The minimum absolute atomic E-state index is 0.00975. The van der Waals surface area contributed by atoms with E-state index in [4.69, 9.17) is 0 Å². The molecule has 0 radical (unpaired) electrons. The first-order valence-corrected chi connectivity index (χ1v) is 7.29. The van der Waals surface area contributed by atoms with Crippen LogP contribution in [0.4, 0.5) is 10.1 Å². The zero-order valence-electron chi connectivity index (χ0n) is 12.4. The number of fused-ring (bicyclic) bond motifs is 1. The number of aromatic nitrogens is 1. The van der Waals surface area contributed by atoms with Crippen LogP contribution in [0.5, 0.6) is 0 Å². The molecule has 0 aliphatic rings. The van der Waals surface area contributed by atoms with Gasteiger partial charge in [-0.05, 0) is 43.3 Å². The van der Waals surface area contributed by atoms with E-state index in [1.165, 1.54) is 12.1 Å². The minimum atomic E-state index is -0.268. The molecule has 3 aromatic rings. The standard InChI is InChI=1S/C18H17FN2O/c1-2-21(16-6-4-3-5-7-16)18(22)13-20-11-10-14-12-15(19)8-9-17(14)20/h3-12H,2,13H2,1H3. The number of anilines is 1. The summed E-state index contributed by atoms with van der Waals surface area (Å²) in [5.74, 6) is -0.258. The lowest BCUT2D eigenvalue weighted by Gasteiger charge is -2.21. The number of hydrogen-bond donors (Lipinski definition) is 0. The van der Waals surface area contributed by atoms with Crippen LogP contribution in [-0.4, -0.2) is 17.0 Å². The van der Waals surface area contributed by atoms with Crippen LogP contribution in [0.3, 0.4) is 0 Å². The van der Waals surface area contributed by atoms with Crippen molar-refractivity contribution >= 4 is 22.5 Å². The molecular weight excluding hydrogens is 279 g/mol. The van der Waals surface area contributed by atoms with Gasteiger partial charge in [0.2, 0.25) is 5.91 Å². The first-order valence-electron chi connectivity index (χ1n) is 7.29. The van der Waals surface area contributed by atoms with Gasteiger partial charge in [0.15, 0.2) is 0 Å². The number of likely N-dealkylation sites (N-methyl/N-ethyl adjacent to an activating group) is 1. The topological polar surface area (TPSA) is 25.2 Å². The van der Waals surface area contributed by atoms with Crippen LogP contribution in [0.1, 0.15) is 6.92 Å². The van der Waals surface area contributed by atoms with Gasteiger partial charge in [-0.25, -0.2) is 4.39 Å². The maximum atomic E-state index is 13.2. The molecule has 0 spiro atoms. The summed E-state index contributed by atoms with van der Waals surface area (Å²) in [6.45, 7) is 2.79. The molecule has 0 aliphatic carbocycles. The second-order valence-corrected chi connectivity index (χ2v) is 5.12. The normalized spacial score (nSPS) is 10.8. The average Bonchev–Trinajstić information content (AvgIpc) is 2.91. The molecule has 0 bridgehead atoms. The Labute approximate surface area is 128 Å². The van der Waals surface area contributed by atoms with E-state index in [1.54, 1.807) is 11.0 Å². The molecular formula is C18H17FN2O.